The SMILES string of the molecule is COc1ccc(C(=O)NC(CC(=O)O)c2ccccc2F)nc1-c1cccc(F)c1F. The molecule has 6 nitrogen and oxygen atoms in total. The molecule has 9 heteroatoms. The standard InChI is InChI=1S/C22H17F3N2O4/c1-31-18-10-9-16(26-21(18)13-6-4-8-15(24)20(13)25)22(30)27-17(11-19(28)29)12-5-2-3-7-14(12)23/h2-10,17H,11H2,1H3,(H,27,30)(H,28,29). The van der Waals surface area contributed by atoms with Crippen LogP contribution in [0.2, 0.25) is 0 Å². The Morgan fingerprint density at radius 1 is 1.03 bits per heavy atom. The summed E-state index contributed by atoms with van der Waals surface area (Å²) >= 11 is 0. The summed E-state index contributed by atoms with van der Waals surface area (Å²) in [6.45, 7) is 0. The van der Waals surface area contributed by atoms with Crippen LogP contribution in [-0.4, -0.2) is 29.1 Å². The molecule has 0 aliphatic heterocycles. The first-order valence-corrected chi connectivity index (χ1v) is 9.08. The van der Waals surface area contributed by atoms with Gasteiger partial charge in [-0.05, 0) is 30.3 Å². The van der Waals surface area contributed by atoms with Crippen LogP contribution in [0.3, 0.4) is 0 Å². The molecule has 0 bridgehead atoms. The number of halogens is 3. The van der Waals surface area contributed by atoms with Crippen molar-refractivity contribution in [1.29, 1.82) is 0 Å². The fraction of sp³-hybridized carbons (Fsp3) is 0.136. The molecule has 0 fully saturated rings. The van der Waals surface area contributed by atoms with E-state index in [1.165, 1.54) is 49.6 Å². The van der Waals surface area contributed by atoms with E-state index in [0.717, 1.165) is 12.1 Å². The van der Waals surface area contributed by atoms with E-state index in [4.69, 9.17) is 9.84 Å². The second kappa shape index (κ2) is 9.29. The van der Waals surface area contributed by atoms with Gasteiger partial charge < -0.3 is 15.2 Å². The Labute approximate surface area is 175 Å². The Morgan fingerprint density at radius 2 is 1.74 bits per heavy atom. The Bertz CT molecular complexity index is 1140. The maximum absolute atomic E-state index is 14.3. The maximum atomic E-state index is 14.3. The van der Waals surface area contributed by atoms with Crippen LogP contribution in [0.25, 0.3) is 11.3 Å². The lowest BCUT2D eigenvalue weighted by Gasteiger charge is -2.18. The monoisotopic (exact) mass is 430 g/mol. The molecule has 0 saturated carbocycles. The van der Waals surface area contributed by atoms with Crippen LogP contribution in [-0.2, 0) is 4.79 Å². The molecule has 31 heavy (non-hydrogen) atoms. The lowest BCUT2D eigenvalue weighted by Crippen LogP contribution is -2.31. The molecule has 1 aromatic heterocycles. The molecule has 160 valence electrons. The molecular formula is C22H17F3N2O4. The molecule has 1 amide bonds. The number of carboxylic acids is 1. The minimum absolute atomic E-state index is 0.0110. The third-order valence-electron chi connectivity index (χ3n) is 4.48. The number of methoxy groups -OCH3 is 1. The quantitative estimate of drug-likeness (QED) is 0.589. The fourth-order valence-electron chi connectivity index (χ4n) is 3.02. The molecule has 0 radical (unpaired) electrons. The molecule has 3 aromatic rings. The molecule has 0 aliphatic carbocycles. The van der Waals surface area contributed by atoms with Gasteiger partial charge in [-0.25, -0.2) is 18.2 Å². The smallest absolute Gasteiger partial charge is 0.305 e. The summed E-state index contributed by atoms with van der Waals surface area (Å²) in [4.78, 5) is 28.1. The number of nitrogens with zero attached hydrogens (tertiary/aromatic N) is 1. The van der Waals surface area contributed by atoms with Crippen molar-refractivity contribution in [2.45, 2.75) is 12.5 Å². The van der Waals surface area contributed by atoms with Crippen molar-refractivity contribution < 1.29 is 32.6 Å². The van der Waals surface area contributed by atoms with Crippen LogP contribution in [0, 0.1) is 17.5 Å². The van der Waals surface area contributed by atoms with Crippen LogP contribution < -0.4 is 10.1 Å². The number of carboxylic acid groups (broad SMARTS) is 1. The number of benzene rings is 2. The van der Waals surface area contributed by atoms with Gasteiger partial charge in [0, 0.05) is 11.1 Å². The van der Waals surface area contributed by atoms with Gasteiger partial charge in [0.15, 0.2) is 11.6 Å². The van der Waals surface area contributed by atoms with E-state index in [1.54, 1.807) is 0 Å². The molecular weight excluding hydrogens is 413 g/mol. The topological polar surface area (TPSA) is 88.5 Å². The van der Waals surface area contributed by atoms with Gasteiger partial charge in [-0.2, -0.15) is 0 Å². The zero-order valence-corrected chi connectivity index (χ0v) is 16.2. The summed E-state index contributed by atoms with van der Waals surface area (Å²) < 4.78 is 47.2. The average molecular weight is 430 g/mol. The van der Waals surface area contributed by atoms with Crippen LogP contribution >= 0.6 is 0 Å². The van der Waals surface area contributed by atoms with E-state index in [-0.39, 0.29) is 28.3 Å². The van der Waals surface area contributed by atoms with E-state index in [9.17, 15) is 22.8 Å². The lowest BCUT2D eigenvalue weighted by molar-refractivity contribution is -0.137. The number of ether oxygens (including phenoxy) is 1. The summed E-state index contributed by atoms with van der Waals surface area (Å²) in [7, 11) is 1.30. The van der Waals surface area contributed by atoms with Gasteiger partial charge >= 0.3 is 5.97 Å². The minimum atomic E-state index is -1.25. The molecule has 2 N–H and O–H groups in total. The number of amides is 1. The number of carbonyl (C=O) groups excluding carboxylic acids is 1. The number of rotatable bonds is 7. The van der Waals surface area contributed by atoms with Gasteiger partial charge in [0.2, 0.25) is 0 Å². The first kappa shape index (κ1) is 21.8. The van der Waals surface area contributed by atoms with E-state index >= 15 is 0 Å². The van der Waals surface area contributed by atoms with Crippen molar-refractivity contribution in [2.75, 3.05) is 7.11 Å². The molecule has 2 aromatic carbocycles. The highest BCUT2D eigenvalue weighted by molar-refractivity contribution is 5.93. The van der Waals surface area contributed by atoms with Gasteiger partial charge in [0.1, 0.15) is 23.0 Å². The highest BCUT2D eigenvalue weighted by Crippen LogP contribution is 2.31. The number of aromatic nitrogens is 1. The zero-order valence-electron chi connectivity index (χ0n) is 16.2. The largest absolute Gasteiger partial charge is 0.494 e. The third kappa shape index (κ3) is 4.82. The number of aliphatic carboxylic acids is 1. The summed E-state index contributed by atoms with van der Waals surface area (Å²) in [5.74, 6) is -4.93. The van der Waals surface area contributed by atoms with E-state index < -0.39 is 41.8 Å². The number of pyridine rings is 1. The number of nitrogens with one attached hydrogen (secondary N) is 1. The van der Waals surface area contributed by atoms with Gasteiger partial charge in [0.05, 0.1) is 19.6 Å². The number of carbonyl (C=O) groups is 2. The fourth-order valence-corrected chi connectivity index (χ4v) is 3.02. The van der Waals surface area contributed by atoms with Gasteiger partial charge in [-0.1, -0.05) is 24.3 Å². The minimum Gasteiger partial charge on any atom is -0.494 e. The average Bonchev–Trinajstić information content (AvgIpc) is 2.74. The molecule has 1 atom stereocenters. The normalized spacial score (nSPS) is 11.6. The van der Waals surface area contributed by atoms with E-state index in [1.807, 2.05) is 0 Å². The first-order valence-electron chi connectivity index (χ1n) is 9.08. The predicted molar refractivity (Wildman–Crippen MR) is 105 cm³/mol. The third-order valence-corrected chi connectivity index (χ3v) is 4.48. The predicted octanol–water partition coefficient (Wildman–Crippen LogP) is 4.12. The van der Waals surface area contributed by atoms with E-state index in [0.29, 0.717) is 0 Å². The van der Waals surface area contributed by atoms with Crippen molar-refractivity contribution >= 4 is 11.9 Å². The van der Waals surface area contributed by atoms with Crippen molar-refractivity contribution in [2.24, 2.45) is 0 Å². The Morgan fingerprint density at radius 3 is 2.42 bits per heavy atom. The Hall–Kier alpha value is -3.88. The lowest BCUT2D eigenvalue weighted by atomic mass is 10.0. The summed E-state index contributed by atoms with van der Waals surface area (Å²) in [6, 6.07) is 10.4. The molecule has 3 rings (SSSR count). The van der Waals surface area contributed by atoms with Gasteiger partial charge in [0.25, 0.3) is 5.91 Å². The van der Waals surface area contributed by atoms with Crippen molar-refractivity contribution in [1.82, 2.24) is 10.3 Å². The van der Waals surface area contributed by atoms with Crippen LogP contribution in [0.5, 0.6) is 5.75 Å². The molecule has 0 aliphatic rings. The van der Waals surface area contributed by atoms with Gasteiger partial charge in [-0.3, -0.25) is 9.59 Å². The Kier molecular flexibility index (Phi) is 6.54. The molecule has 1 heterocycles. The first-order chi connectivity index (χ1) is 14.8. The maximum Gasteiger partial charge on any atom is 0.305 e. The van der Waals surface area contributed by atoms with Crippen LogP contribution in [0.15, 0.2) is 54.6 Å². The van der Waals surface area contributed by atoms with Crippen LogP contribution in [0.1, 0.15) is 28.5 Å². The second-order valence-corrected chi connectivity index (χ2v) is 6.49. The second-order valence-electron chi connectivity index (χ2n) is 6.49. The summed E-state index contributed by atoms with van der Waals surface area (Å²) in [5, 5.41) is 11.6. The van der Waals surface area contributed by atoms with Crippen molar-refractivity contribution in [3.8, 4) is 17.0 Å². The number of hydrogen-bond acceptors (Lipinski definition) is 4. The zero-order chi connectivity index (χ0) is 22.5. The van der Waals surface area contributed by atoms with Crippen LogP contribution in [0.4, 0.5) is 13.2 Å². The Balaban J connectivity index is 1.98. The van der Waals surface area contributed by atoms with Gasteiger partial charge in [-0.15, -0.1) is 0 Å². The summed E-state index contributed by atoms with van der Waals surface area (Å²) in [6.07, 6.45) is -0.575. The highest BCUT2D eigenvalue weighted by atomic mass is 19.2. The molecule has 0 spiro atoms. The molecule has 1 unspecified atom stereocenters. The van der Waals surface area contributed by atoms with E-state index in [2.05, 4.69) is 10.3 Å². The highest BCUT2D eigenvalue weighted by Gasteiger charge is 2.24. The summed E-state index contributed by atoms with van der Waals surface area (Å²) in [5.41, 5.74) is -0.565. The molecule has 0 saturated heterocycles. The number of hydrogen-bond donors (Lipinski definition) is 2. The van der Waals surface area contributed by atoms with Crippen molar-refractivity contribution in [3.05, 3.63) is 83.3 Å². The van der Waals surface area contributed by atoms with Crippen molar-refractivity contribution in [3.63, 3.8) is 0 Å².